The standard InChI is InChI=1S/C13H15N3O4S.C10H10N4O2S.C10H11N3O3S.C7H10N4O2S/c1-19-12-11(15-8-16-13(12)20-2)7-21(17,18)10-5-3-9(14)4-6-10;11-8-2-4-9(5-3-8)17(15,16)14-10-12-6-1-7-13-10;1-7-6-10(12-16-7)13-17(14,15)9-4-2-8(11)3-5-9;8-5-1-3-6(4-2-5)14(12,13)11-7(9)10/h3-6,8H,7,14H2,1-2H3;1-7H,11H2,(H,12,13,14);2-6H,11H2,1H3,(H,12,13);1-4H,8H2,(H4,9,10,11). The first-order chi connectivity index (χ1) is 32.4. The fourth-order valence-electron chi connectivity index (χ4n) is 5.05. The minimum Gasteiger partial charge on any atom is -0.490 e. The van der Waals surface area contributed by atoms with Gasteiger partial charge in [-0.3, -0.25) is 4.72 Å². The van der Waals surface area contributed by atoms with E-state index >= 15 is 0 Å². The van der Waals surface area contributed by atoms with Crippen LogP contribution in [0.3, 0.4) is 0 Å². The van der Waals surface area contributed by atoms with Crippen LogP contribution in [0.5, 0.6) is 11.6 Å². The second-order valence-corrected chi connectivity index (χ2v) is 20.5. The molecule has 69 heavy (non-hydrogen) atoms. The Morgan fingerprint density at radius 2 is 1.06 bits per heavy atom. The van der Waals surface area contributed by atoms with E-state index in [9.17, 15) is 33.7 Å². The molecule has 29 heteroatoms. The number of hydrogen-bond acceptors (Lipinski definition) is 20. The third-order valence-corrected chi connectivity index (χ3v) is 13.9. The van der Waals surface area contributed by atoms with Crippen molar-refractivity contribution in [2.24, 2.45) is 15.9 Å². The Kier molecular flexibility index (Phi) is 18.1. The van der Waals surface area contributed by atoms with Crippen LogP contribution in [0.4, 0.5) is 34.5 Å². The summed E-state index contributed by atoms with van der Waals surface area (Å²) in [7, 11) is -11.8. The highest BCUT2D eigenvalue weighted by Crippen LogP contribution is 2.29. The summed E-state index contributed by atoms with van der Waals surface area (Å²) in [6.07, 6.45) is 4.14. The average molecular weight is 1030 g/mol. The molecule has 0 aliphatic rings. The number of nitrogens with zero attached hydrogens (tertiary/aromatic N) is 6. The summed E-state index contributed by atoms with van der Waals surface area (Å²) in [5, 5.41) is 3.55. The molecule has 0 atom stereocenters. The summed E-state index contributed by atoms with van der Waals surface area (Å²) in [6.45, 7) is 1.67. The topological polar surface area (TPSA) is 425 Å². The van der Waals surface area contributed by atoms with Gasteiger partial charge in [-0.2, -0.15) is 13.4 Å². The summed E-state index contributed by atoms with van der Waals surface area (Å²) in [5.41, 5.74) is 34.1. The third kappa shape index (κ3) is 16.2. The molecular formula is C40H46N14O11S4. The molecule has 366 valence electrons. The first-order valence-corrected chi connectivity index (χ1v) is 25.2. The van der Waals surface area contributed by atoms with Gasteiger partial charge in [-0.05, 0) is 110 Å². The summed E-state index contributed by atoms with van der Waals surface area (Å²) >= 11 is 0. The molecule has 0 amide bonds. The number of anilines is 6. The van der Waals surface area contributed by atoms with E-state index < -0.39 is 45.9 Å². The molecule has 4 aromatic carbocycles. The Morgan fingerprint density at radius 3 is 1.48 bits per heavy atom. The quantitative estimate of drug-likeness (QED) is 0.0467. The smallest absolute Gasteiger partial charge is 0.285 e. The lowest BCUT2D eigenvalue weighted by Gasteiger charge is -2.11. The van der Waals surface area contributed by atoms with Gasteiger partial charge in [-0.1, -0.05) is 5.16 Å². The van der Waals surface area contributed by atoms with Gasteiger partial charge < -0.3 is 48.4 Å². The van der Waals surface area contributed by atoms with Crippen LogP contribution in [-0.2, 0) is 45.7 Å². The summed E-state index contributed by atoms with van der Waals surface area (Å²) in [5.74, 6) is 0.290. The lowest BCUT2D eigenvalue weighted by molar-refractivity contribution is 0.338. The molecule has 0 aliphatic carbocycles. The highest BCUT2D eigenvalue weighted by atomic mass is 32.2. The predicted molar refractivity (Wildman–Crippen MR) is 257 cm³/mol. The molecule has 7 rings (SSSR count). The first-order valence-electron chi connectivity index (χ1n) is 19.1. The predicted octanol–water partition coefficient (Wildman–Crippen LogP) is 2.51. The highest BCUT2D eigenvalue weighted by molar-refractivity contribution is 7.93. The maximum absolute atomic E-state index is 12.4. The van der Waals surface area contributed by atoms with Crippen molar-refractivity contribution >= 4 is 80.4 Å². The number of hydrogen-bond donors (Lipinski definition) is 8. The molecule has 3 heterocycles. The van der Waals surface area contributed by atoms with Crippen molar-refractivity contribution in [1.29, 1.82) is 0 Å². The Morgan fingerprint density at radius 1 is 0.609 bits per heavy atom. The number of nitrogen functional groups attached to an aromatic ring is 4. The zero-order chi connectivity index (χ0) is 51.0. The number of nitrogens with two attached hydrogens (primary N) is 6. The molecule has 0 aliphatic heterocycles. The zero-order valence-electron chi connectivity index (χ0n) is 36.6. The van der Waals surface area contributed by atoms with Crippen LogP contribution in [0.1, 0.15) is 11.5 Å². The second kappa shape index (κ2) is 23.4. The van der Waals surface area contributed by atoms with E-state index in [-0.39, 0.29) is 54.4 Å². The first kappa shape index (κ1) is 53.3. The molecular weight excluding hydrogens is 981 g/mol. The van der Waals surface area contributed by atoms with Gasteiger partial charge in [0.15, 0.2) is 15.7 Å². The van der Waals surface area contributed by atoms with Crippen LogP contribution in [0, 0.1) is 6.92 Å². The van der Waals surface area contributed by atoms with E-state index in [1.807, 2.05) is 0 Å². The molecule has 0 bridgehead atoms. The Bertz CT molecular complexity index is 3270. The molecule has 0 fully saturated rings. The Balaban J connectivity index is 0.000000202. The third-order valence-electron chi connectivity index (χ3n) is 8.25. The van der Waals surface area contributed by atoms with E-state index in [0.717, 1.165) is 0 Å². The minimum atomic E-state index is -3.79. The molecule has 0 saturated heterocycles. The maximum Gasteiger partial charge on any atom is 0.285 e. The monoisotopic (exact) mass is 1030 g/mol. The van der Waals surface area contributed by atoms with Crippen molar-refractivity contribution in [1.82, 2.24) is 25.1 Å². The molecule has 25 nitrogen and oxygen atoms in total. The van der Waals surface area contributed by atoms with Gasteiger partial charge in [0.2, 0.25) is 17.7 Å². The van der Waals surface area contributed by atoms with E-state index in [1.165, 1.54) is 136 Å². The number of guanidine groups is 1. The number of benzene rings is 4. The van der Waals surface area contributed by atoms with E-state index in [0.29, 0.717) is 28.5 Å². The van der Waals surface area contributed by atoms with Crippen LogP contribution < -0.4 is 53.3 Å². The van der Waals surface area contributed by atoms with Crippen LogP contribution >= 0.6 is 0 Å². The van der Waals surface area contributed by atoms with Crippen molar-refractivity contribution in [3.8, 4) is 11.6 Å². The van der Waals surface area contributed by atoms with Crippen LogP contribution in [0.25, 0.3) is 0 Å². The highest BCUT2D eigenvalue weighted by Gasteiger charge is 2.22. The molecule has 0 unspecified atom stereocenters. The van der Waals surface area contributed by atoms with Crippen molar-refractivity contribution in [3.63, 3.8) is 0 Å². The Labute approximate surface area is 397 Å². The number of ether oxygens (including phenoxy) is 2. The lowest BCUT2D eigenvalue weighted by Crippen LogP contribution is -2.24. The summed E-state index contributed by atoms with van der Waals surface area (Å²) in [6, 6.07) is 26.4. The van der Waals surface area contributed by atoms with Crippen molar-refractivity contribution in [2.45, 2.75) is 32.3 Å². The van der Waals surface area contributed by atoms with Crippen LogP contribution in [-0.4, -0.2) is 78.9 Å². The van der Waals surface area contributed by atoms with Gasteiger partial charge in [0.25, 0.3) is 35.9 Å². The number of sulfone groups is 1. The fourth-order valence-corrected chi connectivity index (χ4v) is 9.14. The van der Waals surface area contributed by atoms with E-state index in [2.05, 4.69) is 38.9 Å². The van der Waals surface area contributed by atoms with E-state index in [4.69, 9.17) is 48.4 Å². The SMILES string of the molecule is COc1ncnc(CS(=O)(=O)c2ccc(N)cc2)c1OC.Cc1cc(NS(=O)(=O)c2ccc(N)cc2)no1.NC(N)=NS(=O)(=O)c1ccc(N)cc1.Nc1ccc(S(=O)(=O)Nc2ncccn2)cc1. The molecule has 14 N–H and O–H groups in total. The number of aromatic nitrogens is 5. The van der Waals surface area contributed by atoms with Crippen LogP contribution in [0.15, 0.2) is 156 Å². The Hall–Kier alpha value is -8.28. The fraction of sp³-hybridized carbons (Fsp3) is 0.100. The van der Waals surface area contributed by atoms with E-state index in [1.54, 1.807) is 13.0 Å². The van der Waals surface area contributed by atoms with Crippen molar-refractivity contribution in [2.75, 3.05) is 46.6 Å². The van der Waals surface area contributed by atoms with Crippen molar-refractivity contribution in [3.05, 3.63) is 139 Å². The number of sulfonamides is 3. The molecule has 3 aromatic heterocycles. The molecule has 0 spiro atoms. The number of nitrogens with one attached hydrogen (secondary N) is 2. The molecule has 0 radical (unpaired) electrons. The average Bonchev–Trinajstić information content (AvgIpc) is 3.70. The van der Waals surface area contributed by atoms with Gasteiger partial charge in [-0.15, -0.1) is 4.40 Å². The van der Waals surface area contributed by atoms with Gasteiger partial charge >= 0.3 is 0 Å². The second-order valence-electron chi connectivity index (χ2n) is 13.5. The summed E-state index contributed by atoms with van der Waals surface area (Å²) < 4.78 is 118. The van der Waals surface area contributed by atoms with Gasteiger partial charge in [0.05, 0.1) is 33.8 Å². The van der Waals surface area contributed by atoms with Crippen LogP contribution in [0.2, 0.25) is 0 Å². The maximum atomic E-state index is 12.4. The number of rotatable bonds is 13. The number of aryl methyl sites for hydroxylation is 1. The van der Waals surface area contributed by atoms with Gasteiger partial charge in [0.1, 0.15) is 23.5 Å². The van der Waals surface area contributed by atoms with Crippen molar-refractivity contribution < 1.29 is 47.7 Å². The molecule has 0 saturated carbocycles. The number of methoxy groups -OCH3 is 2. The lowest BCUT2D eigenvalue weighted by atomic mass is 10.3. The molecule has 7 aromatic rings. The largest absolute Gasteiger partial charge is 0.490 e. The summed E-state index contributed by atoms with van der Waals surface area (Å²) in [4.78, 5) is 15.8. The minimum absolute atomic E-state index is 0.0000926. The van der Waals surface area contributed by atoms with Gasteiger partial charge in [0, 0.05) is 41.2 Å². The van der Waals surface area contributed by atoms with Gasteiger partial charge in [-0.25, -0.2) is 44.9 Å². The zero-order valence-corrected chi connectivity index (χ0v) is 39.9. The normalized spacial score (nSPS) is 11.1.